The standard InChI is InChI=1S/C12H11O3PS.Na/c13-16(17,14-11-7-3-1-4-8-11)15-12-9-5-2-6-10-12;/h1-10H,(H,13,17);/q;+1/p-1. The minimum Gasteiger partial charge on any atom is -0.760 e. The zero-order chi connectivity index (χ0) is 12.1. The van der Waals surface area contributed by atoms with Crippen molar-refractivity contribution in [1.82, 2.24) is 0 Å². The number of hydrogen-bond acceptors (Lipinski definition) is 4. The van der Waals surface area contributed by atoms with Gasteiger partial charge in [-0.15, -0.1) is 0 Å². The van der Waals surface area contributed by atoms with E-state index < -0.39 is 6.72 Å². The fourth-order valence-corrected chi connectivity index (χ4v) is 2.55. The van der Waals surface area contributed by atoms with Crippen LogP contribution in [0.25, 0.3) is 0 Å². The van der Waals surface area contributed by atoms with Gasteiger partial charge in [-0.25, -0.2) is 0 Å². The summed E-state index contributed by atoms with van der Waals surface area (Å²) < 4.78 is 10.3. The van der Waals surface area contributed by atoms with Crippen LogP contribution in [0.5, 0.6) is 11.5 Å². The monoisotopic (exact) mass is 288 g/mol. The van der Waals surface area contributed by atoms with Crippen LogP contribution in [0.4, 0.5) is 0 Å². The molecule has 2 aromatic carbocycles. The molecule has 0 aliphatic rings. The molecule has 0 aliphatic carbocycles. The van der Waals surface area contributed by atoms with Gasteiger partial charge in [0.2, 0.25) is 6.72 Å². The van der Waals surface area contributed by atoms with E-state index in [1.165, 1.54) is 0 Å². The van der Waals surface area contributed by atoms with E-state index in [0.717, 1.165) is 0 Å². The van der Waals surface area contributed by atoms with Crippen LogP contribution in [0.3, 0.4) is 0 Å². The van der Waals surface area contributed by atoms with Crippen LogP contribution in [0.1, 0.15) is 0 Å². The molecule has 0 saturated heterocycles. The zero-order valence-electron chi connectivity index (χ0n) is 9.85. The van der Waals surface area contributed by atoms with Crippen LogP contribution in [-0.4, -0.2) is 0 Å². The summed E-state index contributed by atoms with van der Waals surface area (Å²) in [6, 6.07) is 17.4. The van der Waals surface area contributed by atoms with Gasteiger partial charge in [0.15, 0.2) is 0 Å². The number of para-hydroxylation sites is 2. The Morgan fingerprint density at radius 1 is 0.778 bits per heavy atom. The van der Waals surface area contributed by atoms with Gasteiger partial charge >= 0.3 is 29.6 Å². The van der Waals surface area contributed by atoms with Gasteiger partial charge in [0.1, 0.15) is 11.5 Å². The van der Waals surface area contributed by atoms with Gasteiger partial charge < -0.3 is 13.9 Å². The van der Waals surface area contributed by atoms with Gasteiger partial charge in [-0.05, 0) is 36.1 Å². The van der Waals surface area contributed by atoms with Crippen LogP contribution in [0, 0.1) is 0 Å². The van der Waals surface area contributed by atoms with Crippen molar-refractivity contribution in [3.05, 3.63) is 60.7 Å². The molecule has 88 valence electrons. The van der Waals surface area contributed by atoms with Crippen molar-refractivity contribution in [2.75, 3.05) is 0 Å². The second kappa shape index (κ2) is 7.29. The number of hydrogen-bond donors (Lipinski definition) is 0. The van der Waals surface area contributed by atoms with Gasteiger partial charge in [-0.2, -0.15) is 0 Å². The third-order valence-electron chi connectivity index (χ3n) is 1.92. The summed E-state index contributed by atoms with van der Waals surface area (Å²) >= 11 is 4.82. The SMILES string of the molecule is [Na+].[O-]P(=S)(Oc1ccccc1)Oc1ccccc1. The smallest absolute Gasteiger partial charge is 0.760 e. The van der Waals surface area contributed by atoms with Crippen LogP contribution >= 0.6 is 6.72 Å². The van der Waals surface area contributed by atoms with Crippen molar-refractivity contribution >= 4 is 18.5 Å². The van der Waals surface area contributed by atoms with Crippen molar-refractivity contribution in [3.63, 3.8) is 0 Å². The Balaban J connectivity index is 0.00000162. The average Bonchev–Trinajstić information content (AvgIpc) is 2.30. The molecule has 0 N–H and O–H groups in total. The maximum Gasteiger partial charge on any atom is 1.00 e. The summed E-state index contributed by atoms with van der Waals surface area (Å²) in [6.07, 6.45) is 0. The molecule has 0 spiro atoms. The Hall–Kier alpha value is -0.350. The third-order valence-corrected chi connectivity index (χ3v) is 3.24. The summed E-state index contributed by atoms with van der Waals surface area (Å²) in [6.45, 7) is -3.55. The molecule has 0 aliphatic heterocycles. The summed E-state index contributed by atoms with van der Waals surface area (Å²) in [5, 5.41) is 0. The van der Waals surface area contributed by atoms with E-state index in [0.29, 0.717) is 11.5 Å². The first-order valence-corrected chi connectivity index (χ1v) is 7.52. The topological polar surface area (TPSA) is 41.5 Å². The van der Waals surface area contributed by atoms with Crippen molar-refractivity contribution in [1.29, 1.82) is 0 Å². The molecule has 0 radical (unpaired) electrons. The molecule has 0 bridgehead atoms. The predicted octanol–water partition coefficient (Wildman–Crippen LogP) is -0.267. The minimum absolute atomic E-state index is 0. The molecule has 6 heteroatoms. The van der Waals surface area contributed by atoms with E-state index in [1.807, 2.05) is 12.1 Å². The molecule has 0 atom stereocenters. The normalized spacial score (nSPS) is 10.3. The van der Waals surface area contributed by atoms with E-state index in [2.05, 4.69) is 0 Å². The second-order valence-electron chi connectivity index (χ2n) is 3.26. The van der Waals surface area contributed by atoms with Crippen LogP contribution in [0.15, 0.2) is 60.7 Å². The molecule has 0 heterocycles. The Labute approximate surface area is 133 Å². The van der Waals surface area contributed by atoms with Gasteiger partial charge in [0, 0.05) is 0 Å². The maximum atomic E-state index is 11.9. The number of benzene rings is 2. The van der Waals surface area contributed by atoms with Crippen molar-refractivity contribution < 1.29 is 43.5 Å². The Kier molecular flexibility index (Phi) is 6.36. The fraction of sp³-hybridized carbons (Fsp3) is 0. The molecular weight excluding hydrogens is 278 g/mol. The zero-order valence-corrected chi connectivity index (χ0v) is 13.6. The third kappa shape index (κ3) is 5.11. The summed E-state index contributed by atoms with van der Waals surface area (Å²) in [7, 11) is 0. The van der Waals surface area contributed by atoms with E-state index in [4.69, 9.17) is 20.9 Å². The van der Waals surface area contributed by atoms with E-state index >= 15 is 0 Å². The van der Waals surface area contributed by atoms with Gasteiger partial charge in [-0.3, -0.25) is 0 Å². The van der Waals surface area contributed by atoms with Crippen LogP contribution in [-0.2, 0) is 11.8 Å². The fourth-order valence-electron chi connectivity index (χ4n) is 1.24. The van der Waals surface area contributed by atoms with E-state index in [9.17, 15) is 4.89 Å². The first-order chi connectivity index (χ1) is 8.16. The molecule has 3 nitrogen and oxygen atoms in total. The molecule has 2 rings (SSSR count). The van der Waals surface area contributed by atoms with Crippen molar-refractivity contribution in [2.24, 2.45) is 0 Å². The van der Waals surface area contributed by atoms with Crippen LogP contribution in [0.2, 0.25) is 0 Å². The largest absolute Gasteiger partial charge is 1.00 e. The molecule has 0 saturated carbocycles. The van der Waals surface area contributed by atoms with E-state index in [-0.39, 0.29) is 29.6 Å². The number of rotatable bonds is 4. The van der Waals surface area contributed by atoms with Crippen molar-refractivity contribution in [2.45, 2.75) is 0 Å². The second-order valence-corrected chi connectivity index (χ2v) is 5.86. The molecule has 0 aromatic heterocycles. The molecule has 2 aromatic rings. The Bertz CT molecular complexity index is 476. The Morgan fingerprint density at radius 2 is 1.11 bits per heavy atom. The molecule has 0 fully saturated rings. The summed E-state index contributed by atoms with van der Waals surface area (Å²) in [4.78, 5) is 11.9. The summed E-state index contributed by atoms with van der Waals surface area (Å²) in [5.41, 5.74) is 0. The van der Waals surface area contributed by atoms with Gasteiger partial charge in [0.25, 0.3) is 0 Å². The van der Waals surface area contributed by atoms with Gasteiger partial charge in [0.05, 0.1) is 0 Å². The Morgan fingerprint density at radius 3 is 1.44 bits per heavy atom. The van der Waals surface area contributed by atoms with Gasteiger partial charge in [-0.1, -0.05) is 36.4 Å². The first kappa shape index (κ1) is 15.7. The maximum absolute atomic E-state index is 11.9. The first-order valence-electron chi connectivity index (χ1n) is 4.96. The minimum atomic E-state index is -3.55. The molecular formula is C12H10NaO3PS. The molecule has 0 unspecified atom stereocenters. The van der Waals surface area contributed by atoms with E-state index in [1.54, 1.807) is 48.5 Å². The van der Waals surface area contributed by atoms with Crippen molar-refractivity contribution in [3.8, 4) is 11.5 Å². The predicted molar refractivity (Wildman–Crippen MR) is 68.4 cm³/mol. The quantitative estimate of drug-likeness (QED) is 0.574. The van der Waals surface area contributed by atoms with Crippen LogP contribution < -0.4 is 43.5 Å². The summed E-state index contributed by atoms with van der Waals surface area (Å²) in [5.74, 6) is 0.864. The molecule has 0 amide bonds. The molecule has 18 heavy (non-hydrogen) atoms. The average molecular weight is 288 g/mol.